The van der Waals surface area contributed by atoms with E-state index in [0.717, 1.165) is 27.6 Å². The quantitative estimate of drug-likeness (QED) is 0.634. The van der Waals surface area contributed by atoms with Crippen molar-refractivity contribution in [2.24, 2.45) is 0 Å². The number of anilines is 1. The van der Waals surface area contributed by atoms with Gasteiger partial charge in [0.15, 0.2) is 17.3 Å². The Morgan fingerprint density at radius 3 is 2.80 bits per heavy atom. The summed E-state index contributed by atoms with van der Waals surface area (Å²) in [7, 11) is 1.51. The maximum absolute atomic E-state index is 12.9. The number of benzene rings is 3. The summed E-state index contributed by atoms with van der Waals surface area (Å²) in [4.78, 5) is 12.9. The Morgan fingerprint density at radius 2 is 2.00 bits per heavy atom. The number of Topliss-reactive ketones (excluding diaryl/α,β-unsaturated/α-hetero) is 1. The normalized spacial score (nSPS) is 16.4. The first kappa shape index (κ1) is 16.0. The van der Waals surface area contributed by atoms with Gasteiger partial charge in [0.2, 0.25) is 0 Å². The second-order valence-electron chi connectivity index (χ2n) is 6.09. The highest BCUT2D eigenvalue weighted by atomic mass is 79.9. The van der Waals surface area contributed by atoms with E-state index in [-0.39, 0.29) is 17.6 Å². The van der Waals surface area contributed by atoms with Crippen LogP contribution in [0.5, 0.6) is 11.5 Å². The van der Waals surface area contributed by atoms with Gasteiger partial charge in [-0.25, -0.2) is 0 Å². The molecule has 1 aliphatic heterocycles. The largest absolute Gasteiger partial charge is 0.503 e. The minimum absolute atomic E-state index is 0.0554. The molecule has 0 aromatic heterocycles. The number of rotatable bonds is 2. The van der Waals surface area contributed by atoms with E-state index in [1.165, 1.54) is 7.11 Å². The van der Waals surface area contributed by atoms with Gasteiger partial charge >= 0.3 is 0 Å². The molecule has 0 fully saturated rings. The fraction of sp³-hybridized carbons (Fsp3) is 0.150. The van der Waals surface area contributed by atoms with Crippen molar-refractivity contribution < 1.29 is 14.6 Å². The van der Waals surface area contributed by atoms with E-state index in [1.54, 1.807) is 6.07 Å². The molecule has 25 heavy (non-hydrogen) atoms. The number of fused-ring (bicyclic) bond motifs is 3. The van der Waals surface area contributed by atoms with Crippen LogP contribution in [0.2, 0.25) is 0 Å². The van der Waals surface area contributed by atoms with Crippen molar-refractivity contribution in [3.8, 4) is 11.5 Å². The van der Waals surface area contributed by atoms with Gasteiger partial charge in [0.25, 0.3) is 0 Å². The van der Waals surface area contributed by atoms with Crippen LogP contribution in [0.3, 0.4) is 0 Å². The lowest BCUT2D eigenvalue weighted by Crippen LogP contribution is -2.23. The highest BCUT2D eigenvalue weighted by Gasteiger charge is 2.28. The summed E-state index contributed by atoms with van der Waals surface area (Å²) in [6, 6.07) is 15.3. The molecule has 4 nitrogen and oxygen atoms in total. The maximum atomic E-state index is 12.9. The van der Waals surface area contributed by atoms with Gasteiger partial charge in [0.05, 0.1) is 17.6 Å². The van der Waals surface area contributed by atoms with E-state index in [2.05, 4.69) is 21.2 Å². The van der Waals surface area contributed by atoms with Crippen LogP contribution in [0.4, 0.5) is 5.69 Å². The fourth-order valence-electron chi connectivity index (χ4n) is 3.37. The van der Waals surface area contributed by atoms with Crippen molar-refractivity contribution in [3.05, 3.63) is 64.1 Å². The maximum Gasteiger partial charge on any atom is 0.172 e. The van der Waals surface area contributed by atoms with E-state index in [4.69, 9.17) is 4.74 Å². The molecule has 1 aliphatic rings. The summed E-state index contributed by atoms with van der Waals surface area (Å²) < 4.78 is 5.76. The minimum atomic E-state index is -0.174. The van der Waals surface area contributed by atoms with E-state index in [0.29, 0.717) is 16.6 Å². The van der Waals surface area contributed by atoms with Crippen molar-refractivity contribution >= 4 is 38.2 Å². The third-order valence-corrected chi connectivity index (χ3v) is 5.20. The van der Waals surface area contributed by atoms with Crippen LogP contribution in [0.15, 0.2) is 53.0 Å². The van der Waals surface area contributed by atoms with Gasteiger partial charge in [-0.1, -0.05) is 30.3 Å². The molecule has 3 aromatic rings. The lowest BCUT2D eigenvalue weighted by molar-refractivity contribution is 0.0974. The molecule has 126 valence electrons. The van der Waals surface area contributed by atoms with E-state index < -0.39 is 0 Å². The van der Waals surface area contributed by atoms with Gasteiger partial charge in [-0.2, -0.15) is 0 Å². The molecule has 1 unspecified atom stereocenters. The van der Waals surface area contributed by atoms with Crippen molar-refractivity contribution in [1.29, 1.82) is 0 Å². The highest BCUT2D eigenvalue weighted by molar-refractivity contribution is 9.10. The highest BCUT2D eigenvalue weighted by Crippen LogP contribution is 2.41. The zero-order valence-electron chi connectivity index (χ0n) is 13.5. The molecule has 0 saturated carbocycles. The van der Waals surface area contributed by atoms with E-state index >= 15 is 0 Å². The molecule has 1 atom stereocenters. The Balaban J connectivity index is 1.79. The first-order valence-electron chi connectivity index (χ1n) is 7.96. The number of methoxy groups -OCH3 is 1. The third kappa shape index (κ3) is 2.65. The number of aromatic hydroxyl groups is 1. The lowest BCUT2D eigenvalue weighted by atomic mass is 9.89. The number of carbonyl (C=O) groups is 1. The van der Waals surface area contributed by atoms with Crippen molar-refractivity contribution in [1.82, 2.24) is 0 Å². The molecule has 5 heteroatoms. The van der Waals surface area contributed by atoms with Gasteiger partial charge in [-0.3, -0.25) is 4.79 Å². The van der Waals surface area contributed by atoms with Crippen molar-refractivity contribution in [3.63, 3.8) is 0 Å². The molecular formula is C20H16BrNO3. The zero-order valence-corrected chi connectivity index (χ0v) is 15.1. The first-order chi connectivity index (χ1) is 12.1. The number of nitrogens with one attached hydrogen (secondary N) is 1. The second-order valence-corrected chi connectivity index (χ2v) is 6.94. The average Bonchev–Trinajstić information content (AvgIpc) is 2.63. The molecular weight excluding hydrogens is 382 g/mol. The van der Waals surface area contributed by atoms with Crippen LogP contribution in [-0.2, 0) is 0 Å². The van der Waals surface area contributed by atoms with E-state index in [9.17, 15) is 9.90 Å². The SMILES string of the molecule is COc1cc(C2CC(=O)c3c(ccc4ccccc34)N2)cc(Br)c1O. The van der Waals surface area contributed by atoms with Crippen molar-refractivity contribution in [2.45, 2.75) is 12.5 Å². The number of phenols is 1. The Hall–Kier alpha value is -2.53. The molecule has 0 amide bonds. The Kier molecular flexibility index (Phi) is 3.88. The van der Waals surface area contributed by atoms with Crippen molar-refractivity contribution in [2.75, 3.05) is 12.4 Å². The lowest BCUT2D eigenvalue weighted by Gasteiger charge is -2.28. The zero-order chi connectivity index (χ0) is 17.6. The van der Waals surface area contributed by atoms with E-state index in [1.807, 2.05) is 42.5 Å². The second kappa shape index (κ2) is 6.08. The third-order valence-electron chi connectivity index (χ3n) is 4.60. The average molecular weight is 398 g/mol. The predicted octanol–water partition coefficient (Wildman–Crippen LogP) is 5.06. The monoisotopic (exact) mass is 397 g/mol. The number of phenolic OH excluding ortho intramolecular Hbond substituents is 1. The van der Waals surface area contributed by atoms with Crippen LogP contribution in [0.25, 0.3) is 10.8 Å². The molecule has 3 aromatic carbocycles. The van der Waals surface area contributed by atoms with Gasteiger partial charge in [0.1, 0.15) is 0 Å². The molecule has 0 bridgehead atoms. The molecule has 1 heterocycles. The van der Waals surface area contributed by atoms with Crippen LogP contribution in [0.1, 0.15) is 28.4 Å². The predicted molar refractivity (Wildman–Crippen MR) is 102 cm³/mol. The summed E-state index contributed by atoms with van der Waals surface area (Å²) in [5, 5.41) is 15.5. The number of ether oxygens (including phenoxy) is 1. The Bertz CT molecular complexity index is 1000. The minimum Gasteiger partial charge on any atom is -0.503 e. The number of carbonyl (C=O) groups excluding carboxylic acids is 1. The topological polar surface area (TPSA) is 58.6 Å². The molecule has 0 spiro atoms. The van der Waals surface area contributed by atoms with Crippen LogP contribution in [-0.4, -0.2) is 18.0 Å². The van der Waals surface area contributed by atoms with Crippen LogP contribution >= 0.6 is 15.9 Å². The van der Waals surface area contributed by atoms with Gasteiger partial charge in [0, 0.05) is 17.7 Å². The first-order valence-corrected chi connectivity index (χ1v) is 8.75. The van der Waals surface area contributed by atoms with Gasteiger partial charge in [-0.05, 0) is 50.5 Å². The van der Waals surface area contributed by atoms with Gasteiger partial charge < -0.3 is 15.2 Å². The van der Waals surface area contributed by atoms with Crippen LogP contribution < -0.4 is 10.1 Å². The standard InChI is InChI=1S/C20H16BrNO3/c1-25-18-9-12(8-14(21)20(18)24)16-10-17(23)19-13-5-3-2-4-11(13)6-7-15(19)22-16/h2-9,16,22,24H,10H2,1H3. The number of halogens is 1. The summed E-state index contributed by atoms with van der Waals surface area (Å²) in [5.41, 5.74) is 2.47. The molecule has 0 saturated heterocycles. The van der Waals surface area contributed by atoms with Crippen LogP contribution in [0, 0.1) is 0 Å². The molecule has 0 aliphatic carbocycles. The Morgan fingerprint density at radius 1 is 1.20 bits per heavy atom. The summed E-state index contributed by atoms with van der Waals surface area (Å²) in [6.07, 6.45) is 0.349. The van der Waals surface area contributed by atoms with Gasteiger partial charge in [-0.15, -0.1) is 0 Å². The molecule has 2 N–H and O–H groups in total. The smallest absolute Gasteiger partial charge is 0.172 e. The molecule has 4 rings (SSSR count). The number of hydrogen-bond donors (Lipinski definition) is 2. The summed E-state index contributed by atoms with van der Waals surface area (Å²) >= 11 is 3.34. The number of hydrogen-bond acceptors (Lipinski definition) is 4. The summed E-state index contributed by atoms with van der Waals surface area (Å²) in [5.74, 6) is 0.543. The molecule has 0 radical (unpaired) electrons. The Labute approximate surface area is 153 Å². The summed E-state index contributed by atoms with van der Waals surface area (Å²) in [6.45, 7) is 0. The number of ketones is 1. The fourth-order valence-corrected chi connectivity index (χ4v) is 3.83.